The van der Waals surface area contributed by atoms with Crippen molar-refractivity contribution >= 4 is 13.8 Å². The summed E-state index contributed by atoms with van der Waals surface area (Å²) in [6.07, 6.45) is 45.0. The van der Waals surface area contributed by atoms with Gasteiger partial charge in [0.2, 0.25) is 0 Å². The molecule has 8 nitrogen and oxygen atoms in total. The number of ether oxygens (including phenoxy) is 2. The summed E-state index contributed by atoms with van der Waals surface area (Å²) in [5.41, 5.74) is 0. The number of quaternary nitrogens is 1. The maximum Gasteiger partial charge on any atom is 0.472 e. The van der Waals surface area contributed by atoms with Crippen molar-refractivity contribution < 1.29 is 37.3 Å². The highest BCUT2D eigenvalue weighted by molar-refractivity contribution is 7.47. The van der Waals surface area contributed by atoms with Crippen molar-refractivity contribution in [3.63, 3.8) is 0 Å². The van der Waals surface area contributed by atoms with E-state index in [4.69, 9.17) is 18.5 Å². The Hall–Kier alpha value is -1.28. The third-order valence-corrected chi connectivity index (χ3v) is 10.4. The first kappa shape index (κ1) is 52.7. The van der Waals surface area contributed by atoms with Gasteiger partial charge in [0, 0.05) is 13.0 Å². The highest BCUT2D eigenvalue weighted by atomic mass is 31.2. The number of allylic oxidation sites excluding steroid dienone is 6. The molecule has 54 heavy (non-hydrogen) atoms. The van der Waals surface area contributed by atoms with Crippen molar-refractivity contribution in [2.24, 2.45) is 0 Å². The van der Waals surface area contributed by atoms with Gasteiger partial charge in [-0.05, 0) is 51.4 Å². The molecule has 0 aliphatic rings. The second-order valence-electron chi connectivity index (χ2n) is 16.1. The van der Waals surface area contributed by atoms with Crippen LogP contribution in [0.2, 0.25) is 0 Å². The Balaban J connectivity index is 3.95. The molecule has 0 aromatic heterocycles. The Morgan fingerprint density at radius 2 is 1.02 bits per heavy atom. The Morgan fingerprint density at radius 3 is 1.52 bits per heavy atom. The van der Waals surface area contributed by atoms with Gasteiger partial charge in [0.1, 0.15) is 19.3 Å². The van der Waals surface area contributed by atoms with Crippen molar-refractivity contribution in [1.82, 2.24) is 0 Å². The van der Waals surface area contributed by atoms with Crippen LogP contribution >= 0.6 is 7.82 Å². The smallest absolute Gasteiger partial charge is 0.457 e. The molecule has 0 radical (unpaired) electrons. The van der Waals surface area contributed by atoms with E-state index >= 15 is 0 Å². The van der Waals surface area contributed by atoms with Crippen molar-refractivity contribution in [3.8, 4) is 0 Å². The van der Waals surface area contributed by atoms with Crippen molar-refractivity contribution in [2.75, 3.05) is 54.1 Å². The first-order valence-electron chi connectivity index (χ1n) is 22.2. The number of hydrogen-bond acceptors (Lipinski definition) is 6. The maximum absolute atomic E-state index is 12.5. The highest BCUT2D eigenvalue weighted by Gasteiger charge is 2.26. The highest BCUT2D eigenvalue weighted by Crippen LogP contribution is 2.43. The number of hydrogen-bond donors (Lipinski definition) is 1. The van der Waals surface area contributed by atoms with E-state index in [1.165, 1.54) is 122 Å². The fraction of sp³-hybridized carbons (Fsp3) is 0.844. The number of unbranched alkanes of at least 4 members (excludes halogenated alkanes) is 21. The molecule has 0 saturated heterocycles. The number of carbonyl (C=O) groups excluding carboxylic acids is 1. The van der Waals surface area contributed by atoms with Crippen LogP contribution in [0, 0.1) is 0 Å². The first-order chi connectivity index (χ1) is 26.1. The minimum absolute atomic E-state index is 0.0884. The van der Waals surface area contributed by atoms with Crippen LogP contribution in [0.3, 0.4) is 0 Å². The summed E-state index contributed by atoms with van der Waals surface area (Å²) < 4.78 is 34.8. The molecule has 0 spiro atoms. The molecule has 318 valence electrons. The van der Waals surface area contributed by atoms with Crippen LogP contribution in [-0.2, 0) is 27.9 Å². The van der Waals surface area contributed by atoms with Crippen molar-refractivity contribution in [1.29, 1.82) is 0 Å². The summed E-state index contributed by atoms with van der Waals surface area (Å²) in [7, 11) is 1.66. The lowest BCUT2D eigenvalue weighted by atomic mass is 10.1. The molecule has 0 heterocycles. The lowest BCUT2D eigenvalue weighted by Gasteiger charge is -2.24. The second kappa shape index (κ2) is 38.6. The molecular weight excluding hydrogens is 697 g/mol. The molecule has 9 heteroatoms. The van der Waals surface area contributed by atoms with Gasteiger partial charge < -0.3 is 18.9 Å². The lowest BCUT2D eigenvalue weighted by Crippen LogP contribution is -2.37. The van der Waals surface area contributed by atoms with E-state index in [9.17, 15) is 14.3 Å². The topological polar surface area (TPSA) is 91.3 Å². The van der Waals surface area contributed by atoms with Crippen molar-refractivity contribution in [3.05, 3.63) is 36.5 Å². The summed E-state index contributed by atoms with van der Waals surface area (Å²) in [5.74, 6) is -0.324. The molecule has 0 bridgehead atoms. The minimum atomic E-state index is -4.26. The van der Waals surface area contributed by atoms with E-state index in [2.05, 4.69) is 50.3 Å². The van der Waals surface area contributed by atoms with E-state index in [-0.39, 0.29) is 25.8 Å². The van der Waals surface area contributed by atoms with Crippen molar-refractivity contribution in [2.45, 2.75) is 193 Å². The Labute approximate surface area is 334 Å². The van der Waals surface area contributed by atoms with Gasteiger partial charge in [-0.2, -0.15) is 0 Å². The Kier molecular flexibility index (Phi) is 37.7. The zero-order chi connectivity index (χ0) is 39.9. The molecule has 0 aliphatic carbocycles. The third kappa shape index (κ3) is 41.9. The SMILES string of the molecule is CCCCCCC/C=C\C/C=C\C/C=C\CCCCCCCCCCCCCOCC(COP(=O)(O)OCC[N+](C)(C)C)OC(=O)CCCCCCCC. The molecule has 0 saturated carbocycles. The zero-order valence-corrected chi connectivity index (χ0v) is 36.9. The fourth-order valence-electron chi connectivity index (χ4n) is 5.97. The molecule has 2 atom stereocenters. The minimum Gasteiger partial charge on any atom is -0.457 e. The van der Waals surface area contributed by atoms with Crippen LogP contribution in [0.25, 0.3) is 0 Å². The standard InChI is InChI=1S/C45H86NO7P/c1-6-8-10-12-14-15-16-17-18-19-20-21-22-23-24-25-26-27-28-29-30-31-32-33-35-37-40-50-42-44(53-45(47)38-36-34-13-11-9-7-2)43-52-54(48,49)51-41-39-46(3,4)5/h16-17,19-20,22-23,44H,6-15,18,21,24-43H2,1-5H3/p+1/b17-16-,20-19-,23-22-. The van der Waals surface area contributed by atoms with E-state index in [1.54, 1.807) is 0 Å². The van der Waals surface area contributed by atoms with Crippen LogP contribution in [0.15, 0.2) is 36.5 Å². The van der Waals surface area contributed by atoms with E-state index in [0.29, 0.717) is 24.1 Å². The Bertz CT molecular complexity index is 962. The maximum atomic E-state index is 12.5. The summed E-state index contributed by atoms with van der Waals surface area (Å²) in [5, 5.41) is 0. The molecule has 0 aliphatic heterocycles. The van der Waals surface area contributed by atoms with Gasteiger partial charge in [-0.25, -0.2) is 4.57 Å². The van der Waals surface area contributed by atoms with Crippen LogP contribution in [0.5, 0.6) is 0 Å². The molecule has 0 rings (SSSR count). The molecular formula is C45H87NO7P+. The number of phosphoric acid groups is 1. The third-order valence-electron chi connectivity index (χ3n) is 9.45. The largest absolute Gasteiger partial charge is 0.472 e. The number of carbonyl (C=O) groups is 1. The summed E-state index contributed by atoms with van der Waals surface area (Å²) in [4.78, 5) is 22.6. The number of likely N-dealkylation sites (N-methyl/N-ethyl adjacent to an activating group) is 1. The van der Waals surface area contributed by atoms with Gasteiger partial charge in [-0.1, -0.05) is 166 Å². The predicted octanol–water partition coefficient (Wildman–Crippen LogP) is 13.0. The number of nitrogens with zero attached hydrogens (tertiary/aromatic N) is 1. The second-order valence-corrected chi connectivity index (χ2v) is 17.5. The van der Waals surface area contributed by atoms with E-state index < -0.39 is 13.9 Å². The van der Waals surface area contributed by atoms with Gasteiger partial charge in [0.25, 0.3) is 0 Å². The van der Waals surface area contributed by atoms with Crippen LogP contribution in [0.4, 0.5) is 0 Å². The molecule has 0 aromatic rings. The van der Waals surface area contributed by atoms with Gasteiger partial charge in [-0.15, -0.1) is 0 Å². The average Bonchev–Trinajstić information content (AvgIpc) is 3.12. The Morgan fingerprint density at radius 1 is 0.574 bits per heavy atom. The zero-order valence-electron chi connectivity index (χ0n) is 36.0. The van der Waals surface area contributed by atoms with E-state index in [1.807, 2.05) is 21.1 Å². The number of esters is 1. The average molecular weight is 785 g/mol. The molecule has 2 unspecified atom stereocenters. The molecule has 0 fully saturated rings. The van der Waals surface area contributed by atoms with Gasteiger partial charge >= 0.3 is 13.8 Å². The van der Waals surface area contributed by atoms with Crippen LogP contribution in [0.1, 0.15) is 187 Å². The quantitative estimate of drug-likeness (QED) is 0.0217. The van der Waals surface area contributed by atoms with Gasteiger partial charge in [0.05, 0.1) is 34.4 Å². The van der Waals surface area contributed by atoms with Gasteiger partial charge in [0.15, 0.2) is 0 Å². The van der Waals surface area contributed by atoms with Crippen LogP contribution in [-0.4, -0.2) is 75.6 Å². The summed E-state index contributed by atoms with van der Waals surface area (Å²) in [6.45, 7) is 5.55. The lowest BCUT2D eigenvalue weighted by molar-refractivity contribution is -0.870. The monoisotopic (exact) mass is 785 g/mol. The summed E-state index contributed by atoms with van der Waals surface area (Å²) in [6, 6.07) is 0. The van der Waals surface area contributed by atoms with E-state index in [0.717, 1.165) is 44.9 Å². The first-order valence-corrected chi connectivity index (χ1v) is 23.7. The molecule has 0 aromatic carbocycles. The molecule has 0 amide bonds. The normalized spacial score (nSPS) is 14.1. The predicted molar refractivity (Wildman–Crippen MR) is 229 cm³/mol. The van der Waals surface area contributed by atoms with Gasteiger partial charge in [-0.3, -0.25) is 13.8 Å². The fourth-order valence-corrected chi connectivity index (χ4v) is 6.71. The number of rotatable bonds is 41. The summed E-state index contributed by atoms with van der Waals surface area (Å²) >= 11 is 0. The number of phosphoric ester groups is 1. The van der Waals surface area contributed by atoms with Crippen LogP contribution < -0.4 is 0 Å². The molecule has 1 N–H and O–H groups in total.